The zero-order valence-electron chi connectivity index (χ0n) is 10.2. The summed E-state index contributed by atoms with van der Waals surface area (Å²) in [7, 11) is 0. The van der Waals surface area contributed by atoms with E-state index >= 15 is 0 Å². The Morgan fingerprint density at radius 3 is 2.50 bits per heavy atom. The second-order valence-electron chi connectivity index (χ2n) is 3.90. The van der Waals surface area contributed by atoms with Crippen molar-refractivity contribution in [2.75, 3.05) is 13.2 Å². The average molecular weight is 263 g/mol. The van der Waals surface area contributed by atoms with Gasteiger partial charge in [-0.25, -0.2) is 4.98 Å². The van der Waals surface area contributed by atoms with Crippen molar-refractivity contribution in [2.45, 2.75) is 19.4 Å². The third-order valence-corrected chi connectivity index (χ3v) is 3.08. The number of aromatic nitrogens is 1. The molecule has 0 radical (unpaired) electrons. The Morgan fingerprint density at radius 2 is 1.94 bits per heavy atom. The topological polar surface area (TPSA) is 31.4 Å². The van der Waals surface area contributed by atoms with Gasteiger partial charge in [0.1, 0.15) is 12.4 Å². The van der Waals surface area contributed by atoms with E-state index < -0.39 is 0 Å². The molecule has 1 fully saturated rings. The highest BCUT2D eigenvalue weighted by Crippen LogP contribution is 2.11. The van der Waals surface area contributed by atoms with E-state index in [-0.39, 0.29) is 0 Å². The minimum atomic E-state index is 0.549. The number of rotatable bonds is 3. The Kier molecular flexibility index (Phi) is 5.69. The summed E-state index contributed by atoms with van der Waals surface area (Å²) in [6.45, 7) is 2.55. The summed E-state index contributed by atoms with van der Waals surface area (Å²) in [4.78, 5) is 4.12. The maximum Gasteiger partial charge on any atom is 0.131 e. The first kappa shape index (κ1) is 13.1. The van der Waals surface area contributed by atoms with E-state index in [0.717, 1.165) is 24.7 Å². The van der Waals surface area contributed by atoms with Crippen LogP contribution in [0.25, 0.3) is 0 Å². The van der Waals surface area contributed by atoms with Gasteiger partial charge in [0.2, 0.25) is 0 Å². The van der Waals surface area contributed by atoms with Crippen LogP contribution in [0, 0.1) is 0 Å². The van der Waals surface area contributed by atoms with Gasteiger partial charge in [0.25, 0.3) is 0 Å². The molecule has 18 heavy (non-hydrogen) atoms. The van der Waals surface area contributed by atoms with E-state index in [1.807, 2.05) is 41.2 Å². The standard InChI is InChI=1S/C10H9NOS.C4H8O/c1-2-4-10(5-3-1)12-6-9-7-13-8-11-9;1-2-4-5-3-1/h1-5,7-8H,6H2;1-4H2. The van der Waals surface area contributed by atoms with Crippen LogP contribution in [0.4, 0.5) is 0 Å². The van der Waals surface area contributed by atoms with Crippen LogP contribution < -0.4 is 4.74 Å². The molecule has 0 amide bonds. The molecule has 3 rings (SSSR count). The highest BCUT2D eigenvalue weighted by atomic mass is 32.1. The predicted molar refractivity (Wildman–Crippen MR) is 72.9 cm³/mol. The second-order valence-corrected chi connectivity index (χ2v) is 4.62. The molecule has 0 N–H and O–H groups in total. The van der Waals surface area contributed by atoms with Crippen LogP contribution in [0.2, 0.25) is 0 Å². The van der Waals surface area contributed by atoms with Crippen LogP contribution in [0.5, 0.6) is 5.75 Å². The minimum absolute atomic E-state index is 0.549. The molecule has 3 nitrogen and oxygen atoms in total. The predicted octanol–water partition coefficient (Wildman–Crippen LogP) is 3.52. The summed E-state index contributed by atoms with van der Waals surface area (Å²) in [5.41, 5.74) is 2.79. The van der Waals surface area contributed by atoms with Gasteiger partial charge in [0.15, 0.2) is 0 Å². The first-order valence-electron chi connectivity index (χ1n) is 6.08. The Bertz CT molecular complexity index is 405. The number of hydrogen-bond acceptors (Lipinski definition) is 4. The molecule has 0 bridgehead atoms. The van der Waals surface area contributed by atoms with Crippen molar-refractivity contribution >= 4 is 11.3 Å². The number of para-hydroxylation sites is 1. The fourth-order valence-electron chi connectivity index (χ4n) is 1.49. The third-order valence-electron chi connectivity index (χ3n) is 2.44. The molecule has 4 heteroatoms. The van der Waals surface area contributed by atoms with E-state index in [4.69, 9.17) is 9.47 Å². The van der Waals surface area contributed by atoms with Gasteiger partial charge in [-0.3, -0.25) is 0 Å². The smallest absolute Gasteiger partial charge is 0.131 e. The quantitative estimate of drug-likeness (QED) is 0.849. The average Bonchev–Trinajstić information content (AvgIpc) is 3.13. The summed E-state index contributed by atoms with van der Waals surface area (Å²) in [5.74, 6) is 0.885. The fourth-order valence-corrected chi connectivity index (χ4v) is 2.04. The first-order chi connectivity index (χ1) is 8.95. The molecule has 1 aliphatic heterocycles. The normalized spacial score (nSPS) is 13.8. The second kappa shape index (κ2) is 7.84. The van der Waals surface area contributed by atoms with Crippen LogP contribution in [0.1, 0.15) is 18.5 Å². The molecule has 96 valence electrons. The molecule has 1 aliphatic rings. The van der Waals surface area contributed by atoms with Gasteiger partial charge in [-0.05, 0) is 25.0 Å². The lowest BCUT2D eigenvalue weighted by Gasteiger charge is -2.02. The minimum Gasteiger partial charge on any atom is -0.487 e. The maximum absolute atomic E-state index is 5.49. The summed E-state index contributed by atoms with van der Waals surface area (Å²) < 4.78 is 10.4. The van der Waals surface area contributed by atoms with Crippen LogP contribution in [-0.2, 0) is 11.3 Å². The van der Waals surface area contributed by atoms with E-state index in [0.29, 0.717) is 6.61 Å². The molecule has 0 atom stereocenters. The molecule has 1 saturated heterocycles. The van der Waals surface area contributed by atoms with Gasteiger partial charge >= 0.3 is 0 Å². The first-order valence-corrected chi connectivity index (χ1v) is 7.02. The molecule has 2 heterocycles. The molecule has 0 spiro atoms. The Hall–Kier alpha value is -1.39. The fraction of sp³-hybridized carbons (Fsp3) is 0.357. The van der Waals surface area contributed by atoms with E-state index in [1.54, 1.807) is 11.3 Å². The van der Waals surface area contributed by atoms with Crippen molar-refractivity contribution in [1.82, 2.24) is 4.98 Å². The monoisotopic (exact) mass is 263 g/mol. The van der Waals surface area contributed by atoms with Crippen molar-refractivity contribution < 1.29 is 9.47 Å². The highest BCUT2D eigenvalue weighted by Gasteiger charge is 1.95. The zero-order valence-corrected chi connectivity index (χ0v) is 11.1. The van der Waals surface area contributed by atoms with Crippen molar-refractivity contribution in [3.8, 4) is 5.75 Å². The summed E-state index contributed by atoms with van der Waals surface area (Å²) >= 11 is 1.58. The molecule has 0 aliphatic carbocycles. The molecular formula is C14H17NO2S. The lowest BCUT2D eigenvalue weighted by atomic mass is 10.3. The SMILES string of the molecule is C1CCOC1.c1ccc(OCc2cscn2)cc1. The van der Waals surface area contributed by atoms with E-state index in [1.165, 1.54) is 12.8 Å². The number of thiazole rings is 1. The highest BCUT2D eigenvalue weighted by molar-refractivity contribution is 7.07. The lowest BCUT2D eigenvalue weighted by Crippen LogP contribution is -1.94. The number of hydrogen-bond donors (Lipinski definition) is 0. The van der Waals surface area contributed by atoms with Crippen molar-refractivity contribution in [2.24, 2.45) is 0 Å². The number of ether oxygens (including phenoxy) is 2. The summed E-state index contributed by atoms with van der Waals surface area (Å²) in [5, 5.41) is 1.99. The van der Waals surface area contributed by atoms with Gasteiger partial charge in [-0.1, -0.05) is 18.2 Å². The van der Waals surface area contributed by atoms with Gasteiger partial charge in [-0.2, -0.15) is 0 Å². The maximum atomic E-state index is 5.49. The lowest BCUT2D eigenvalue weighted by molar-refractivity contribution is 0.198. The van der Waals surface area contributed by atoms with Crippen LogP contribution in [-0.4, -0.2) is 18.2 Å². The number of benzene rings is 1. The number of nitrogens with zero attached hydrogens (tertiary/aromatic N) is 1. The van der Waals surface area contributed by atoms with Crippen molar-refractivity contribution in [3.05, 3.63) is 46.9 Å². The molecule has 0 saturated carbocycles. The third kappa shape index (κ3) is 4.85. The summed E-state index contributed by atoms with van der Waals surface area (Å²) in [6, 6.07) is 9.75. The summed E-state index contributed by atoms with van der Waals surface area (Å²) in [6.07, 6.45) is 2.56. The molecular weight excluding hydrogens is 246 g/mol. The molecule has 1 aromatic carbocycles. The van der Waals surface area contributed by atoms with Crippen LogP contribution >= 0.6 is 11.3 Å². The molecule has 2 aromatic rings. The van der Waals surface area contributed by atoms with Gasteiger partial charge in [-0.15, -0.1) is 11.3 Å². The van der Waals surface area contributed by atoms with Crippen LogP contribution in [0.3, 0.4) is 0 Å². The largest absolute Gasteiger partial charge is 0.487 e. The van der Waals surface area contributed by atoms with Crippen LogP contribution in [0.15, 0.2) is 41.2 Å². The Balaban J connectivity index is 0.000000202. The van der Waals surface area contributed by atoms with E-state index in [2.05, 4.69) is 4.98 Å². The van der Waals surface area contributed by atoms with Gasteiger partial charge < -0.3 is 9.47 Å². The van der Waals surface area contributed by atoms with Crippen molar-refractivity contribution in [3.63, 3.8) is 0 Å². The molecule has 0 unspecified atom stereocenters. The zero-order chi connectivity index (χ0) is 12.5. The van der Waals surface area contributed by atoms with Crippen molar-refractivity contribution in [1.29, 1.82) is 0 Å². The van der Waals surface area contributed by atoms with Gasteiger partial charge in [0, 0.05) is 18.6 Å². The molecule has 1 aromatic heterocycles. The Morgan fingerprint density at radius 1 is 1.17 bits per heavy atom. The van der Waals surface area contributed by atoms with E-state index in [9.17, 15) is 0 Å². The Labute approximate surface area is 111 Å². The van der Waals surface area contributed by atoms with Gasteiger partial charge in [0.05, 0.1) is 11.2 Å².